The van der Waals surface area contributed by atoms with Crippen molar-refractivity contribution < 1.29 is 0 Å². The predicted octanol–water partition coefficient (Wildman–Crippen LogP) is 10.0. The third-order valence-corrected chi connectivity index (χ3v) is 8.23. The van der Waals surface area contributed by atoms with Gasteiger partial charge in [0.2, 0.25) is 0 Å². The molecule has 0 nitrogen and oxygen atoms in total. The summed E-state index contributed by atoms with van der Waals surface area (Å²) in [4.78, 5) is 0. The van der Waals surface area contributed by atoms with Crippen molar-refractivity contribution in [1.82, 2.24) is 0 Å². The maximum atomic E-state index is 2.32. The van der Waals surface area contributed by atoms with Crippen molar-refractivity contribution in [2.75, 3.05) is 0 Å². The minimum absolute atomic E-state index is 0.694. The molecule has 0 heteroatoms. The molecular weight excluding hydrogens is 432 g/mol. The molecule has 3 aliphatic rings. The number of hydrogen-bond acceptors (Lipinski definition) is 0. The zero-order valence-electron chi connectivity index (χ0n) is 23.1. The van der Waals surface area contributed by atoms with E-state index in [0.29, 0.717) is 5.92 Å². The van der Waals surface area contributed by atoms with Gasteiger partial charge in [-0.05, 0) is 110 Å². The summed E-state index contributed by atoms with van der Waals surface area (Å²) in [6.07, 6.45) is 6.80. The first-order chi connectivity index (χ1) is 17.3. The topological polar surface area (TPSA) is 0 Å². The molecule has 0 atom stereocenters. The molecule has 6 rings (SSSR count). The molecule has 184 valence electrons. The van der Waals surface area contributed by atoms with Crippen molar-refractivity contribution in [3.05, 3.63) is 134 Å². The third kappa shape index (κ3) is 5.54. The standard InChI is InChI=1S/C16H14.C10H10.C10H16/c1-12-6-2-5-9-16(12)15-10-13-7-3-4-8-14(13)11-15;1-8-6-9-4-2-3-5-10(9)7-8;1-6-7(2)9(4)10(5)8(6)3/h2-10H,11H2,1H3;2-6H,7H2,1H3;6H,1-5H3. The lowest BCUT2D eigenvalue weighted by atomic mass is 9.99. The Morgan fingerprint density at radius 1 is 0.556 bits per heavy atom. The molecule has 0 bridgehead atoms. The Hall–Kier alpha value is -3.38. The van der Waals surface area contributed by atoms with Crippen molar-refractivity contribution in [3.63, 3.8) is 0 Å². The Morgan fingerprint density at radius 2 is 1.06 bits per heavy atom. The van der Waals surface area contributed by atoms with Crippen LogP contribution in [0.2, 0.25) is 0 Å². The van der Waals surface area contributed by atoms with E-state index >= 15 is 0 Å². The Kier molecular flexibility index (Phi) is 7.94. The lowest BCUT2D eigenvalue weighted by molar-refractivity contribution is 0.815. The Bertz CT molecular complexity index is 1360. The molecule has 0 saturated heterocycles. The largest absolute Gasteiger partial charge is 0.0683 e. The van der Waals surface area contributed by atoms with Crippen LogP contribution < -0.4 is 0 Å². The molecule has 0 aromatic heterocycles. The molecule has 0 radical (unpaired) electrons. The Balaban J connectivity index is 0.000000133. The second-order valence-corrected chi connectivity index (χ2v) is 10.6. The molecular formula is C36H40. The van der Waals surface area contributed by atoms with Crippen LogP contribution >= 0.6 is 0 Å². The molecule has 0 fully saturated rings. The fourth-order valence-electron chi connectivity index (χ4n) is 5.40. The summed E-state index contributed by atoms with van der Waals surface area (Å²) >= 11 is 0. The van der Waals surface area contributed by atoms with E-state index in [1.807, 2.05) is 0 Å². The second kappa shape index (κ2) is 11.1. The molecule has 0 aliphatic heterocycles. The minimum atomic E-state index is 0.694. The van der Waals surface area contributed by atoms with Gasteiger partial charge < -0.3 is 0 Å². The van der Waals surface area contributed by atoms with Gasteiger partial charge in [0, 0.05) is 0 Å². The van der Waals surface area contributed by atoms with Gasteiger partial charge in [0.25, 0.3) is 0 Å². The van der Waals surface area contributed by atoms with Crippen molar-refractivity contribution in [2.24, 2.45) is 5.92 Å². The van der Waals surface area contributed by atoms with Crippen molar-refractivity contribution in [2.45, 2.75) is 61.3 Å². The van der Waals surface area contributed by atoms with Crippen molar-refractivity contribution in [1.29, 1.82) is 0 Å². The molecule has 0 unspecified atom stereocenters. The first-order valence-corrected chi connectivity index (χ1v) is 13.2. The quantitative estimate of drug-likeness (QED) is 0.330. The molecule has 0 N–H and O–H groups in total. The predicted molar refractivity (Wildman–Crippen MR) is 159 cm³/mol. The summed E-state index contributed by atoms with van der Waals surface area (Å²) in [7, 11) is 0. The van der Waals surface area contributed by atoms with E-state index in [4.69, 9.17) is 0 Å². The molecule has 36 heavy (non-hydrogen) atoms. The molecule has 3 aliphatic carbocycles. The Morgan fingerprint density at radius 3 is 1.56 bits per heavy atom. The number of rotatable bonds is 1. The number of hydrogen-bond donors (Lipinski definition) is 0. The fraction of sp³-hybridized carbons (Fsp3) is 0.278. The van der Waals surface area contributed by atoms with Crippen LogP contribution in [0.5, 0.6) is 0 Å². The molecule has 3 aromatic carbocycles. The minimum Gasteiger partial charge on any atom is -0.0683 e. The van der Waals surface area contributed by atoms with Crippen LogP contribution in [0.25, 0.3) is 17.7 Å². The first kappa shape index (κ1) is 25.7. The number of benzene rings is 3. The van der Waals surface area contributed by atoms with Gasteiger partial charge in [0.1, 0.15) is 0 Å². The molecule has 0 heterocycles. The first-order valence-electron chi connectivity index (χ1n) is 13.2. The fourth-order valence-corrected chi connectivity index (χ4v) is 5.40. The van der Waals surface area contributed by atoms with Crippen LogP contribution in [0.1, 0.15) is 74.9 Å². The Labute approximate surface area is 218 Å². The average molecular weight is 473 g/mol. The van der Waals surface area contributed by atoms with Gasteiger partial charge in [0.15, 0.2) is 0 Å². The van der Waals surface area contributed by atoms with E-state index in [1.165, 1.54) is 55.7 Å². The number of allylic oxidation sites excluding steroid dienone is 6. The van der Waals surface area contributed by atoms with Gasteiger partial charge in [0.05, 0.1) is 0 Å². The summed E-state index contributed by atoms with van der Waals surface area (Å²) in [5, 5.41) is 0. The lowest BCUT2D eigenvalue weighted by Gasteiger charge is -2.05. The highest BCUT2D eigenvalue weighted by atomic mass is 14.2. The third-order valence-electron chi connectivity index (χ3n) is 8.23. The van der Waals surface area contributed by atoms with Gasteiger partial charge in [-0.15, -0.1) is 0 Å². The SMILES string of the molecule is CC1=C(C)C(C)C(C)=C1C.CC1=Cc2ccccc2C1.Cc1ccccc1C1=Cc2ccccc2C1. The highest BCUT2D eigenvalue weighted by Crippen LogP contribution is 2.36. The van der Waals surface area contributed by atoms with Crippen LogP contribution in [0.3, 0.4) is 0 Å². The van der Waals surface area contributed by atoms with Crippen LogP contribution in [-0.2, 0) is 12.8 Å². The van der Waals surface area contributed by atoms with Crippen molar-refractivity contribution in [3.8, 4) is 0 Å². The van der Waals surface area contributed by atoms with E-state index in [2.05, 4.69) is 133 Å². The average Bonchev–Trinajstić information content (AvgIpc) is 3.53. The van der Waals surface area contributed by atoms with E-state index in [1.54, 1.807) is 11.1 Å². The normalized spacial score (nSPS) is 16.0. The zero-order chi connectivity index (χ0) is 25.8. The number of aryl methyl sites for hydroxylation is 1. The smallest absolute Gasteiger partial charge is 0.00136 e. The molecule has 0 saturated carbocycles. The monoisotopic (exact) mass is 472 g/mol. The highest BCUT2D eigenvalue weighted by Gasteiger charge is 2.19. The van der Waals surface area contributed by atoms with E-state index in [0.717, 1.165) is 12.8 Å². The van der Waals surface area contributed by atoms with Gasteiger partial charge >= 0.3 is 0 Å². The maximum absolute atomic E-state index is 2.32. The van der Waals surface area contributed by atoms with Crippen LogP contribution in [0.4, 0.5) is 0 Å². The summed E-state index contributed by atoms with van der Waals surface area (Å²) in [5.41, 5.74) is 17.5. The molecule has 0 amide bonds. The van der Waals surface area contributed by atoms with E-state index in [9.17, 15) is 0 Å². The van der Waals surface area contributed by atoms with Crippen LogP contribution in [-0.4, -0.2) is 0 Å². The van der Waals surface area contributed by atoms with Crippen LogP contribution in [0.15, 0.2) is 101 Å². The van der Waals surface area contributed by atoms with Crippen molar-refractivity contribution >= 4 is 17.7 Å². The summed E-state index contributed by atoms with van der Waals surface area (Å²) in [6, 6.07) is 25.8. The van der Waals surface area contributed by atoms with Gasteiger partial charge in [-0.25, -0.2) is 0 Å². The second-order valence-electron chi connectivity index (χ2n) is 10.6. The lowest BCUT2D eigenvalue weighted by Crippen LogP contribution is -1.92. The highest BCUT2D eigenvalue weighted by molar-refractivity contribution is 5.89. The van der Waals surface area contributed by atoms with Gasteiger partial charge in [-0.1, -0.05) is 109 Å². The summed E-state index contributed by atoms with van der Waals surface area (Å²) in [6.45, 7) is 15.6. The van der Waals surface area contributed by atoms with Gasteiger partial charge in [-0.2, -0.15) is 0 Å². The summed E-state index contributed by atoms with van der Waals surface area (Å²) in [5.74, 6) is 0.694. The van der Waals surface area contributed by atoms with E-state index < -0.39 is 0 Å². The van der Waals surface area contributed by atoms with Gasteiger partial charge in [-0.3, -0.25) is 0 Å². The zero-order valence-corrected chi connectivity index (χ0v) is 23.1. The molecule has 0 spiro atoms. The summed E-state index contributed by atoms with van der Waals surface area (Å²) < 4.78 is 0. The molecule has 3 aromatic rings. The maximum Gasteiger partial charge on any atom is -0.00136 e. The number of fused-ring (bicyclic) bond motifs is 2. The van der Waals surface area contributed by atoms with Crippen LogP contribution in [0, 0.1) is 12.8 Å². The van der Waals surface area contributed by atoms with E-state index in [-0.39, 0.29) is 0 Å².